The summed E-state index contributed by atoms with van der Waals surface area (Å²) in [7, 11) is 3.32. The number of ether oxygens (including phenoxy) is 5. The van der Waals surface area contributed by atoms with Gasteiger partial charge in [-0.15, -0.1) is 0 Å². The molecule has 1 amide bonds. The molecule has 1 saturated heterocycles. The van der Waals surface area contributed by atoms with Gasteiger partial charge in [-0.2, -0.15) is 0 Å². The molecule has 302 valence electrons. The first-order chi connectivity index (χ1) is 26.2. The molecule has 2 aromatic rings. The summed E-state index contributed by atoms with van der Waals surface area (Å²) in [6, 6.07) is 19.5. The summed E-state index contributed by atoms with van der Waals surface area (Å²) in [6.07, 6.45) is 13.8. The minimum atomic E-state index is -0.674. The van der Waals surface area contributed by atoms with Crippen molar-refractivity contribution < 1.29 is 28.5 Å². The number of unbranched alkanes of at least 4 members (excludes halogenated alkanes) is 11. The van der Waals surface area contributed by atoms with Crippen molar-refractivity contribution in [2.24, 2.45) is 22.9 Å². The number of hydrogen-bond acceptors (Lipinski definition) is 7. The summed E-state index contributed by atoms with van der Waals surface area (Å²) in [4.78, 5) is 16.9. The molecule has 0 aromatic heterocycles. The summed E-state index contributed by atoms with van der Waals surface area (Å²) in [5.74, 6) is 0.445. The van der Waals surface area contributed by atoms with Gasteiger partial charge in [-0.3, -0.25) is 0 Å². The predicted molar refractivity (Wildman–Crippen MR) is 216 cm³/mol. The Balaban J connectivity index is 1.72. The lowest BCUT2D eigenvalue weighted by Crippen LogP contribution is -2.49. The molecule has 0 saturated carbocycles. The van der Waals surface area contributed by atoms with Crippen molar-refractivity contribution in [2.75, 3.05) is 27.3 Å². The van der Waals surface area contributed by atoms with E-state index in [1.165, 1.54) is 69.1 Å². The average molecular weight is 751 g/mol. The molecule has 10 heteroatoms. The molecule has 0 N–H and O–H groups in total. The van der Waals surface area contributed by atoms with Crippen molar-refractivity contribution in [2.45, 2.75) is 155 Å². The third kappa shape index (κ3) is 16.7. The van der Waals surface area contributed by atoms with Crippen LogP contribution in [0.1, 0.15) is 122 Å². The molecule has 1 aliphatic rings. The SMILES string of the molecule is CCCCCCCCCCCCCC[C@@H](OCc1ccccc1)[C@@H](OCc1ccccc1)[C@H](CO[C@H]1OC(COC(=O)N(C)C)[C@H](C)[C@H](C)C1C)N=[N+]=[N-]. The maximum Gasteiger partial charge on any atom is 0.409 e. The molecular weight excluding hydrogens is 681 g/mol. The maximum atomic E-state index is 12.2. The number of hydrogen-bond donors (Lipinski definition) is 0. The number of rotatable bonds is 27. The Morgan fingerprint density at radius 2 is 1.31 bits per heavy atom. The van der Waals surface area contributed by atoms with Crippen LogP contribution in [0.2, 0.25) is 0 Å². The fourth-order valence-corrected chi connectivity index (χ4v) is 7.14. The Morgan fingerprint density at radius 3 is 1.85 bits per heavy atom. The third-order valence-corrected chi connectivity index (χ3v) is 11.0. The highest BCUT2D eigenvalue weighted by Gasteiger charge is 2.41. The number of nitrogens with zero attached hydrogens (tertiary/aromatic N) is 4. The summed E-state index contributed by atoms with van der Waals surface area (Å²) in [5, 5.41) is 4.28. The van der Waals surface area contributed by atoms with Crippen LogP contribution < -0.4 is 0 Å². The van der Waals surface area contributed by atoms with Gasteiger partial charge in [0.15, 0.2) is 6.29 Å². The zero-order chi connectivity index (χ0) is 39.0. The van der Waals surface area contributed by atoms with Crippen LogP contribution in [0.4, 0.5) is 4.79 Å². The van der Waals surface area contributed by atoms with Crippen LogP contribution in [0.5, 0.6) is 0 Å². The van der Waals surface area contributed by atoms with Crippen LogP contribution in [-0.2, 0) is 36.9 Å². The second kappa shape index (κ2) is 26.6. The van der Waals surface area contributed by atoms with E-state index in [-0.39, 0.29) is 43.2 Å². The van der Waals surface area contributed by atoms with E-state index in [1.807, 2.05) is 48.5 Å². The number of amides is 1. The van der Waals surface area contributed by atoms with Gasteiger partial charge in [0.2, 0.25) is 0 Å². The van der Waals surface area contributed by atoms with E-state index in [0.717, 1.165) is 30.4 Å². The molecule has 0 aliphatic carbocycles. The molecule has 1 fully saturated rings. The van der Waals surface area contributed by atoms with Gasteiger partial charge in [-0.1, -0.05) is 171 Å². The Morgan fingerprint density at radius 1 is 0.778 bits per heavy atom. The summed E-state index contributed by atoms with van der Waals surface area (Å²) in [6.45, 7) is 9.66. The Kier molecular flexibility index (Phi) is 22.3. The molecule has 8 atom stereocenters. The zero-order valence-electron chi connectivity index (χ0n) is 34.2. The first kappa shape index (κ1) is 45.3. The van der Waals surface area contributed by atoms with Crippen molar-refractivity contribution in [3.8, 4) is 0 Å². The second-order valence-electron chi connectivity index (χ2n) is 15.5. The van der Waals surface area contributed by atoms with Gasteiger partial charge in [0, 0.05) is 24.9 Å². The van der Waals surface area contributed by atoms with Crippen LogP contribution in [0.25, 0.3) is 10.4 Å². The smallest absolute Gasteiger partial charge is 0.409 e. The van der Waals surface area contributed by atoms with Crippen LogP contribution >= 0.6 is 0 Å². The van der Waals surface area contributed by atoms with E-state index in [2.05, 4.69) is 49.9 Å². The van der Waals surface area contributed by atoms with E-state index in [4.69, 9.17) is 23.7 Å². The molecular formula is C44H70N4O6. The highest BCUT2D eigenvalue weighted by atomic mass is 16.7. The Hall–Kier alpha value is -3.14. The van der Waals surface area contributed by atoms with Crippen molar-refractivity contribution in [1.82, 2.24) is 4.90 Å². The van der Waals surface area contributed by atoms with E-state index < -0.39 is 24.5 Å². The van der Waals surface area contributed by atoms with Crippen LogP contribution in [0.15, 0.2) is 65.8 Å². The number of azide groups is 1. The Bertz CT molecular complexity index is 1310. The van der Waals surface area contributed by atoms with Gasteiger partial charge in [0.1, 0.15) is 6.61 Å². The minimum absolute atomic E-state index is 0.0578. The summed E-state index contributed by atoms with van der Waals surface area (Å²) in [5.41, 5.74) is 11.9. The molecule has 0 radical (unpaired) electrons. The molecule has 2 aromatic carbocycles. The van der Waals surface area contributed by atoms with Gasteiger partial charge in [0.05, 0.1) is 44.2 Å². The normalized spacial score (nSPS) is 21.5. The fraction of sp³-hybridized carbons (Fsp3) is 0.705. The molecule has 1 heterocycles. The molecule has 10 nitrogen and oxygen atoms in total. The number of carbonyl (C=O) groups excluding carboxylic acids is 1. The van der Waals surface area contributed by atoms with Crippen molar-refractivity contribution >= 4 is 6.09 Å². The monoisotopic (exact) mass is 751 g/mol. The average Bonchev–Trinajstić information content (AvgIpc) is 3.18. The quantitative estimate of drug-likeness (QED) is 0.0388. The van der Waals surface area contributed by atoms with Crippen LogP contribution in [-0.4, -0.2) is 68.9 Å². The lowest BCUT2D eigenvalue weighted by molar-refractivity contribution is -0.258. The summed E-state index contributed by atoms with van der Waals surface area (Å²) < 4.78 is 31.8. The number of carbonyl (C=O) groups is 1. The largest absolute Gasteiger partial charge is 0.447 e. The zero-order valence-corrected chi connectivity index (χ0v) is 34.2. The number of benzene rings is 2. The highest BCUT2D eigenvalue weighted by Crippen LogP contribution is 2.36. The lowest BCUT2D eigenvalue weighted by atomic mass is 9.79. The predicted octanol–water partition coefficient (Wildman–Crippen LogP) is 11.3. The summed E-state index contributed by atoms with van der Waals surface area (Å²) >= 11 is 0. The fourth-order valence-electron chi connectivity index (χ4n) is 7.14. The molecule has 2 unspecified atom stereocenters. The van der Waals surface area contributed by atoms with Gasteiger partial charge in [-0.05, 0) is 34.9 Å². The van der Waals surface area contributed by atoms with E-state index in [1.54, 1.807) is 14.1 Å². The van der Waals surface area contributed by atoms with Crippen LogP contribution in [0, 0.1) is 17.8 Å². The molecule has 0 spiro atoms. The second-order valence-corrected chi connectivity index (χ2v) is 15.5. The molecule has 54 heavy (non-hydrogen) atoms. The van der Waals surface area contributed by atoms with Gasteiger partial charge in [-0.25, -0.2) is 4.79 Å². The van der Waals surface area contributed by atoms with Crippen LogP contribution in [0.3, 0.4) is 0 Å². The van der Waals surface area contributed by atoms with Crippen molar-refractivity contribution in [3.05, 3.63) is 82.2 Å². The lowest BCUT2D eigenvalue weighted by Gasteiger charge is -2.43. The first-order valence-electron chi connectivity index (χ1n) is 20.7. The van der Waals surface area contributed by atoms with Gasteiger partial charge < -0.3 is 28.6 Å². The van der Waals surface area contributed by atoms with Gasteiger partial charge >= 0.3 is 6.09 Å². The maximum absolute atomic E-state index is 12.2. The van der Waals surface area contributed by atoms with E-state index in [9.17, 15) is 10.3 Å². The topological polar surface area (TPSA) is 115 Å². The van der Waals surface area contributed by atoms with Crippen molar-refractivity contribution in [3.63, 3.8) is 0 Å². The molecule has 1 aliphatic heterocycles. The van der Waals surface area contributed by atoms with E-state index >= 15 is 0 Å². The standard InChI is InChI=1S/C44H70N4O6/c1-7-8-9-10-11-12-13-14-15-16-17-24-29-40(50-30-37-25-20-18-21-26-37)42(51-31-38-27-22-19-23-28-38)39(46-47-45)32-52-43-36(4)34(2)35(3)41(54-43)33-53-44(49)48(5)6/h18-23,25-28,34-36,39-43H,7-17,24,29-33H2,1-6H3/t34-,35+,36?,39-,40+,41?,42-,43-/m0/s1. The molecule has 0 bridgehead atoms. The Labute approximate surface area is 326 Å². The minimum Gasteiger partial charge on any atom is -0.447 e. The highest BCUT2D eigenvalue weighted by molar-refractivity contribution is 5.66. The van der Waals surface area contributed by atoms with E-state index in [0.29, 0.717) is 13.2 Å². The third-order valence-electron chi connectivity index (χ3n) is 11.0. The van der Waals surface area contributed by atoms with Crippen molar-refractivity contribution in [1.29, 1.82) is 0 Å². The first-order valence-corrected chi connectivity index (χ1v) is 20.7. The van der Waals surface area contributed by atoms with Gasteiger partial charge in [0.25, 0.3) is 0 Å². The molecule has 3 rings (SSSR count).